The van der Waals surface area contributed by atoms with Gasteiger partial charge in [-0.05, 0) is 29.6 Å². The highest BCUT2D eigenvalue weighted by molar-refractivity contribution is 6.74. The summed E-state index contributed by atoms with van der Waals surface area (Å²) in [4.78, 5) is 2.26. The summed E-state index contributed by atoms with van der Waals surface area (Å²) in [5.74, 6) is 0.311. The van der Waals surface area contributed by atoms with E-state index in [-0.39, 0.29) is 17.7 Å². The average Bonchev–Trinajstić information content (AvgIpc) is 2.92. The Labute approximate surface area is 160 Å². The van der Waals surface area contributed by atoms with Crippen LogP contribution in [0.1, 0.15) is 40.2 Å². The van der Waals surface area contributed by atoms with E-state index in [0.29, 0.717) is 19.3 Å². The van der Waals surface area contributed by atoms with Gasteiger partial charge in [0.05, 0.1) is 24.9 Å². The maximum Gasteiger partial charge on any atom is 0.192 e. The molecule has 0 aromatic heterocycles. The Kier molecular flexibility index (Phi) is 6.73. The van der Waals surface area contributed by atoms with Crippen molar-refractivity contribution >= 4 is 8.32 Å². The van der Waals surface area contributed by atoms with Crippen LogP contribution in [0.3, 0.4) is 0 Å². The summed E-state index contributed by atoms with van der Waals surface area (Å²) in [5, 5.41) is 10.6. The van der Waals surface area contributed by atoms with E-state index in [2.05, 4.69) is 76.9 Å². The Morgan fingerprint density at radius 3 is 2.38 bits per heavy atom. The summed E-state index contributed by atoms with van der Waals surface area (Å²) in [6.45, 7) is 17.4. The molecular formula is C21H37NO3Si. The first-order valence-electron chi connectivity index (χ1n) is 9.69. The maximum atomic E-state index is 10.5. The number of aliphatic hydroxyl groups is 1. The fourth-order valence-electron chi connectivity index (χ4n) is 3.38. The Morgan fingerprint density at radius 1 is 1.27 bits per heavy atom. The van der Waals surface area contributed by atoms with Gasteiger partial charge in [0.15, 0.2) is 8.32 Å². The molecule has 0 unspecified atom stereocenters. The molecule has 1 aliphatic heterocycles. The van der Waals surface area contributed by atoms with E-state index in [4.69, 9.17) is 9.16 Å². The zero-order valence-corrected chi connectivity index (χ0v) is 18.6. The number of rotatable bonds is 7. The van der Waals surface area contributed by atoms with Crippen molar-refractivity contribution in [2.24, 2.45) is 5.92 Å². The first-order chi connectivity index (χ1) is 12.0. The molecule has 2 rings (SSSR count). The van der Waals surface area contributed by atoms with Gasteiger partial charge >= 0.3 is 0 Å². The SMILES string of the molecule is CC(C)[C@@H]1OCN(Cc2ccccc2)[C@@]1(CO)CO[Si](C)(C)C(C)(C)C. The van der Waals surface area contributed by atoms with Gasteiger partial charge in [0.25, 0.3) is 0 Å². The van der Waals surface area contributed by atoms with E-state index in [1.54, 1.807) is 0 Å². The van der Waals surface area contributed by atoms with Crippen LogP contribution in [0.15, 0.2) is 30.3 Å². The van der Waals surface area contributed by atoms with E-state index in [9.17, 15) is 5.11 Å². The first-order valence-corrected chi connectivity index (χ1v) is 12.6. The minimum Gasteiger partial charge on any atom is -0.415 e. The fourth-order valence-corrected chi connectivity index (χ4v) is 4.43. The predicted molar refractivity (Wildman–Crippen MR) is 110 cm³/mol. The van der Waals surface area contributed by atoms with Gasteiger partial charge in [0, 0.05) is 6.54 Å². The van der Waals surface area contributed by atoms with Crippen LogP contribution in [-0.2, 0) is 15.7 Å². The molecule has 0 amide bonds. The lowest BCUT2D eigenvalue weighted by Gasteiger charge is -2.44. The van der Waals surface area contributed by atoms with Crippen LogP contribution in [0.5, 0.6) is 0 Å². The molecule has 2 atom stereocenters. The first kappa shape index (κ1) is 21.6. The topological polar surface area (TPSA) is 41.9 Å². The predicted octanol–water partition coefficient (Wildman–Crippen LogP) is 4.25. The van der Waals surface area contributed by atoms with Gasteiger partial charge in [-0.2, -0.15) is 0 Å². The standard InChI is InChI=1S/C21H37NO3Si/c1-17(2)19-21(14-23,15-25-26(6,7)20(3,4)5)22(16-24-19)13-18-11-9-8-10-12-18/h8-12,17,19,23H,13-16H2,1-7H3/t19-,21-/m0/s1. The van der Waals surface area contributed by atoms with Crippen molar-refractivity contribution < 1.29 is 14.3 Å². The number of nitrogens with zero attached hydrogens (tertiary/aromatic N) is 1. The van der Waals surface area contributed by atoms with E-state index in [1.807, 2.05) is 6.07 Å². The summed E-state index contributed by atoms with van der Waals surface area (Å²) in [5.41, 5.74) is 0.727. The van der Waals surface area contributed by atoms with Gasteiger partial charge in [-0.3, -0.25) is 4.90 Å². The largest absolute Gasteiger partial charge is 0.415 e. The van der Waals surface area contributed by atoms with E-state index in [1.165, 1.54) is 5.56 Å². The minimum atomic E-state index is -1.92. The highest BCUT2D eigenvalue weighted by Crippen LogP contribution is 2.40. The van der Waals surface area contributed by atoms with Crippen molar-refractivity contribution in [3.63, 3.8) is 0 Å². The highest BCUT2D eigenvalue weighted by Gasteiger charge is 2.52. The molecule has 1 N–H and O–H groups in total. The molecule has 0 saturated carbocycles. The Balaban J connectivity index is 2.27. The molecule has 1 aromatic carbocycles. The molecule has 0 radical (unpaired) electrons. The Hall–Kier alpha value is -0.723. The van der Waals surface area contributed by atoms with Gasteiger partial charge in [0.2, 0.25) is 0 Å². The van der Waals surface area contributed by atoms with Crippen LogP contribution in [-0.4, -0.2) is 49.9 Å². The molecule has 1 heterocycles. The molecule has 26 heavy (non-hydrogen) atoms. The quantitative estimate of drug-likeness (QED) is 0.719. The fraction of sp³-hybridized carbons (Fsp3) is 0.714. The second kappa shape index (κ2) is 8.11. The lowest BCUT2D eigenvalue weighted by molar-refractivity contribution is -0.0206. The van der Waals surface area contributed by atoms with E-state index >= 15 is 0 Å². The smallest absolute Gasteiger partial charge is 0.192 e. The van der Waals surface area contributed by atoms with Crippen molar-refractivity contribution in [3.8, 4) is 0 Å². The zero-order chi connectivity index (χ0) is 19.6. The molecule has 4 nitrogen and oxygen atoms in total. The molecule has 5 heteroatoms. The van der Waals surface area contributed by atoms with Crippen molar-refractivity contribution in [2.45, 2.75) is 70.9 Å². The normalized spacial score (nSPS) is 25.2. The van der Waals surface area contributed by atoms with E-state index < -0.39 is 13.9 Å². The molecule has 1 saturated heterocycles. The van der Waals surface area contributed by atoms with Crippen LogP contribution in [0.25, 0.3) is 0 Å². The third-order valence-corrected chi connectivity index (χ3v) is 10.6. The number of hydrogen-bond donors (Lipinski definition) is 1. The summed E-state index contributed by atoms with van der Waals surface area (Å²) in [6.07, 6.45) is -0.0408. The van der Waals surface area contributed by atoms with Crippen molar-refractivity contribution in [2.75, 3.05) is 19.9 Å². The third kappa shape index (κ3) is 4.39. The molecule has 0 bridgehead atoms. The number of ether oxygens (including phenoxy) is 1. The molecule has 0 aliphatic carbocycles. The maximum absolute atomic E-state index is 10.5. The van der Waals surface area contributed by atoms with Crippen LogP contribution in [0, 0.1) is 5.92 Å². The molecule has 1 aromatic rings. The summed E-state index contributed by atoms with van der Waals surface area (Å²) < 4.78 is 12.7. The summed E-state index contributed by atoms with van der Waals surface area (Å²) in [7, 11) is -1.92. The van der Waals surface area contributed by atoms with Gasteiger partial charge < -0.3 is 14.3 Å². The number of benzene rings is 1. The van der Waals surface area contributed by atoms with Crippen LogP contribution in [0.4, 0.5) is 0 Å². The van der Waals surface area contributed by atoms with Crippen LogP contribution in [0.2, 0.25) is 18.1 Å². The number of aliphatic hydroxyl groups excluding tert-OH is 1. The van der Waals surface area contributed by atoms with Gasteiger partial charge in [-0.25, -0.2) is 0 Å². The number of hydrogen-bond acceptors (Lipinski definition) is 4. The van der Waals surface area contributed by atoms with Crippen molar-refractivity contribution in [1.82, 2.24) is 4.90 Å². The van der Waals surface area contributed by atoms with Gasteiger partial charge in [-0.1, -0.05) is 65.0 Å². The lowest BCUT2D eigenvalue weighted by Crippen LogP contribution is -2.60. The third-order valence-electron chi connectivity index (χ3n) is 6.15. The van der Waals surface area contributed by atoms with Gasteiger partial charge in [-0.15, -0.1) is 0 Å². The second-order valence-electron chi connectivity index (χ2n) is 9.45. The molecular weight excluding hydrogens is 342 g/mol. The Morgan fingerprint density at radius 2 is 1.88 bits per heavy atom. The van der Waals surface area contributed by atoms with Crippen LogP contribution < -0.4 is 0 Å². The van der Waals surface area contributed by atoms with Gasteiger partial charge in [0.1, 0.15) is 6.73 Å². The monoisotopic (exact) mass is 379 g/mol. The molecule has 1 fully saturated rings. The zero-order valence-electron chi connectivity index (χ0n) is 17.6. The minimum absolute atomic E-state index is 0.0390. The van der Waals surface area contributed by atoms with Crippen molar-refractivity contribution in [1.29, 1.82) is 0 Å². The highest BCUT2D eigenvalue weighted by atomic mass is 28.4. The van der Waals surface area contributed by atoms with Crippen molar-refractivity contribution in [3.05, 3.63) is 35.9 Å². The van der Waals surface area contributed by atoms with Crippen LogP contribution >= 0.6 is 0 Å². The molecule has 148 valence electrons. The molecule has 0 spiro atoms. The average molecular weight is 380 g/mol. The summed E-state index contributed by atoms with van der Waals surface area (Å²) in [6, 6.07) is 10.4. The summed E-state index contributed by atoms with van der Waals surface area (Å²) >= 11 is 0. The lowest BCUT2D eigenvalue weighted by atomic mass is 9.86. The Bertz CT molecular complexity index is 570. The second-order valence-corrected chi connectivity index (χ2v) is 14.3. The van der Waals surface area contributed by atoms with E-state index in [0.717, 1.165) is 6.54 Å². The molecule has 1 aliphatic rings.